The van der Waals surface area contributed by atoms with Gasteiger partial charge in [0.05, 0.1) is 24.3 Å². The second-order valence-corrected chi connectivity index (χ2v) is 6.72. The number of aromatic amines is 1. The van der Waals surface area contributed by atoms with Crippen LogP contribution in [0.3, 0.4) is 0 Å². The number of hydrogen-bond acceptors (Lipinski definition) is 5. The Bertz CT molecular complexity index is 1100. The van der Waals surface area contributed by atoms with Crippen molar-refractivity contribution in [3.63, 3.8) is 0 Å². The van der Waals surface area contributed by atoms with E-state index in [-0.39, 0.29) is 0 Å². The molecule has 4 heterocycles. The highest BCUT2D eigenvalue weighted by atomic mass is 16.5. The van der Waals surface area contributed by atoms with E-state index in [2.05, 4.69) is 42.1 Å². The standard InChI is InChI=1S/C20H18N6O/c1-13-20(24-25-23-13)14-6-7-21-17(8-14)18-10-26(12-22-18)9-15-11-27-19-5-3-2-4-16(15)19/h2-8,10,12,15H,9,11H2,1H3,(H,23,24,25)/t15-/m0/s1. The molecule has 7 heteroatoms. The lowest BCUT2D eigenvalue weighted by molar-refractivity contribution is 0.319. The molecule has 0 unspecified atom stereocenters. The summed E-state index contributed by atoms with van der Waals surface area (Å²) >= 11 is 0. The van der Waals surface area contributed by atoms with Crippen LogP contribution < -0.4 is 4.74 Å². The monoisotopic (exact) mass is 358 g/mol. The lowest BCUT2D eigenvalue weighted by Crippen LogP contribution is -2.09. The van der Waals surface area contributed by atoms with Crippen molar-refractivity contribution in [2.24, 2.45) is 0 Å². The molecule has 4 aromatic rings. The van der Waals surface area contributed by atoms with Gasteiger partial charge in [-0.2, -0.15) is 0 Å². The molecule has 1 N–H and O–H groups in total. The summed E-state index contributed by atoms with van der Waals surface area (Å²) in [5.74, 6) is 1.32. The normalized spacial score (nSPS) is 15.5. The summed E-state index contributed by atoms with van der Waals surface area (Å²) in [5, 5.41) is 10.9. The summed E-state index contributed by atoms with van der Waals surface area (Å²) in [7, 11) is 0. The zero-order chi connectivity index (χ0) is 18.2. The molecule has 1 atom stereocenters. The van der Waals surface area contributed by atoms with Gasteiger partial charge in [-0.15, -0.1) is 5.10 Å². The van der Waals surface area contributed by atoms with Crippen LogP contribution in [0.25, 0.3) is 22.6 Å². The van der Waals surface area contributed by atoms with Crippen LogP contribution in [0.1, 0.15) is 17.2 Å². The van der Waals surface area contributed by atoms with Gasteiger partial charge >= 0.3 is 0 Å². The first-order valence-corrected chi connectivity index (χ1v) is 8.86. The minimum Gasteiger partial charge on any atom is -0.493 e. The summed E-state index contributed by atoms with van der Waals surface area (Å²) in [5.41, 5.74) is 5.64. The van der Waals surface area contributed by atoms with Crippen LogP contribution >= 0.6 is 0 Å². The number of H-pyrrole nitrogens is 1. The van der Waals surface area contributed by atoms with E-state index in [1.165, 1.54) is 5.56 Å². The number of nitrogens with zero attached hydrogens (tertiary/aromatic N) is 5. The van der Waals surface area contributed by atoms with Gasteiger partial charge in [0.2, 0.25) is 0 Å². The number of aromatic nitrogens is 6. The third kappa shape index (κ3) is 2.87. The van der Waals surface area contributed by atoms with Crippen molar-refractivity contribution in [2.45, 2.75) is 19.4 Å². The van der Waals surface area contributed by atoms with Crippen molar-refractivity contribution in [2.75, 3.05) is 6.61 Å². The quantitative estimate of drug-likeness (QED) is 0.606. The second kappa shape index (κ2) is 6.35. The SMILES string of the molecule is Cc1[nH]nnc1-c1ccnc(-c2cn(C[C@H]3COc4ccccc43)cn2)c1. The van der Waals surface area contributed by atoms with E-state index in [0.29, 0.717) is 12.5 Å². The van der Waals surface area contributed by atoms with E-state index in [1.807, 2.05) is 43.7 Å². The molecule has 134 valence electrons. The zero-order valence-electron chi connectivity index (χ0n) is 14.8. The van der Waals surface area contributed by atoms with E-state index >= 15 is 0 Å². The van der Waals surface area contributed by atoms with Crippen LogP contribution in [-0.2, 0) is 6.54 Å². The van der Waals surface area contributed by atoms with Gasteiger partial charge in [0.15, 0.2) is 0 Å². The number of fused-ring (bicyclic) bond motifs is 1. The minimum atomic E-state index is 0.334. The smallest absolute Gasteiger partial charge is 0.122 e. The zero-order valence-corrected chi connectivity index (χ0v) is 14.8. The van der Waals surface area contributed by atoms with Crippen molar-refractivity contribution >= 4 is 0 Å². The number of pyridine rings is 1. The van der Waals surface area contributed by atoms with Crippen LogP contribution in [0.4, 0.5) is 0 Å². The largest absolute Gasteiger partial charge is 0.493 e. The maximum absolute atomic E-state index is 5.78. The van der Waals surface area contributed by atoms with Crippen LogP contribution in [0.5, 0.6) is 5.75 Å². The highest BCUT2D eigenvalue weighted by molar-refractivity contribution is 5.67. The van der Waals surface area contributed by atoms with E-state index < -0.39 is 0 Å². The molecule has 0 amide bonds. The van der Waals surface area contributed by atoms with Gasteiger partial charge in [0, 0.05) is 36.0 Å². The Morgan fingerprint density at radius 2 is 2.11 bits per heavy atom. The fourth-order valence-electron chi connectivity index (χ4n) is 3.50. The summed E-state index contributed by atoms with van der Waals surface area (Å²) < 4.78 is 7.88. The van der Waals surface area contributed by atoms with E-state index in [9.17, 15) is 0 Å². The van der Waals surface area contributed by atoms with Crippen molar-refractivity contribution in [3.8, 4) is 28.4 Å². The summed E-state index contributed by atoms with van der Waals surface area (Å²) in [6.45, 7) is 3.48. The fourth-order valence-corrected chi connectivity index (χ4v) is 3.50. The Kier molecular flexibility index (Phi) is 3.71. The molecule has 0 radical (unpaired) electrons. The molecule has 0 bridgehead atoms. The number of hydrogen-bond donors (Lipinski definition) is 1. The second-order valence-electron chi connectivity index (χ2n) is 6.72. The van der Waals surface area contributed by atoms with Crippen LogP contribution in [-0.4, -0.2) is 36.6 Å². The molecule has 1 aromatic carbocycles. The van der Waals surface area contributed by atoms with Gasteiger partial charge in [-0.3, -0.25) is 10.1 Å². The summed E-state index contributed by atoms with van der Waals surface area (Å²) in [6, 6.07) is 12.1. The number of ether oxygens (including phenoxy) is 1. The van der Waals surface area contributed by atoms with E-state index in [1.54, 1.807) is 6.20 Å². The molecule has 0 saturated carbocycles. The number of rotatable bonds is 4. The molecule has 0 fully saturated rings. The molecule has 1 aliphatic heterocycles. The number of para-hydroxylation sites is 1. The molecule has 0 saturated heterocycles. The van der Waals surface area contributed by atoms with Gasteiger partial charge in [0.25, 0.3) is 0 Å². The van der Waals surface area contributed by atoms with Crippen molar-refractivity contribution in [1.29, 1.82) is 0 Å². The molecule has 27 heavy (non-hydrogen) atoms. The predicted octanol–water partition coefficient (Wildman–Crippen LogP) is 3.21. The van der Waals surface area contributed by atoms with Crippen molar-refractivity contribution in [1.82, 2.24) is 29.9 Å². The highest BCUT2D eigenvalue weighted by Crippen LogP contribution is 2.34. The number of aryl methyl sites for hydroxylation is 1. The Balaban J connectivity index is 1.39. The molecule has 3 aromatic heterocycles. The first kappa shape index (κ1) is 15.7. The van der Waals surface area contributed by atoms with Crippen LogP contribution in [0.2, 0.25) is 0 Å². The summed E-state index contributed by atoms with van der Waals surface area (Å²) in [4.78, 5) is 9.02. The Labute approximate surface area is 156 Å². The van der Waals surface area contributed by atoms with Crippen molar-refractivity contribution < 1.29 is 4.74 Å². The first-order chi connectivity index (χ1) is 13.3. The molecule has 0 aliphatic carbocycles. The molecule has 7 nitrogen and oxygen atoms in total. The predicted molar refractivity (Wildman–Crippen MR) is 100 cm³/mol. The van der Waals surface area contributed by atoms with E-state index in [0.717, 1.165) is 40.6 Å². The maximum Gasteiger partial charge on any atom is 0.122 e. The van der Waals surface area contributed by atoms with Gasteiger partial charge in [-0.05, 0) is 25.1 Å². The molecule has 1 aliphatic rings. The topological polar surface area (TPSA) is 81.5 Å². The van der Waals surface area contributed by atoms with Crippen LogP contribution in [0, 0.1) is 6.92 Å². The third-order valence-corrected chi connectivity index (χ3v) is 4.88. The van der Waals surface area contributed by atoms with Crippen LogP contribution in [0.15, 0.2) is 55.1 Å². The Morgan fingerprint density at radius 1 is 1.19 bits per heavy atom. The van der Waals surface area contributed by atoms with Gasteiger partial charge in [0.1, 0.15) is 17.1 Å². The van der Waals surface area contributed by atoms with Gasteiger partial charge in [-0.1, -0.05) is 23.4 Å². The molecular formula is C20H18N6O. The average Bonchev–Trinajstić information content (AvgIpc) is 3.43. The lowest BCUT2D eigenvalue weighted by Gasteiger charge is -2.09. The average molecular weight is 358 g/mol. The molecule has 0 spiro atoms. The number of imidazole rings is 1. The van der Waals surface area contributed by atoms with Gasteiger partial charge in [-0.25, -0.2) is 4.98 Å². The Morgan fingerprint density at radius 3 is 3.00 bits per heavy atom. The Hall–Kier alpha value is -3.48. The number of benzene rings is 1. The lowest BCUT2D eigenvalue weighted by atomic mass is 10.0. The number of nitrogens with one attached hydrogen (secondary N) is 1. The molecule has 5 rings (SSSR count). The van der Waals surface area contributed by atoms with Crippen molar-refractivity contribution in [3.05, 3.63) is 66.4 Å². The van der Waals surface area contributed by atoms with Gasteiger partial charge < -0.3 is 9.30 Å². The first-order valence-electron chi connectivity index (χ1n) is 8.86. The summed E-state index contributed by atoms with van der Waals surface area (Å²) in [6.07, 6.45) is 5.66. The van der Waals surface area contributed by atoms with E-state index in [4.69, 9.17) is 4.74 Å². The molecular weight excluding hydrogens is 340 g/mol. The fraction of sp³-hybridized carbons (Fsp3) is 0.200. The highest BCUT2D eigenvalue weighted by Gasteiger charge is 2.24. The maximum atomic E-state index is 5.78. The third-order valence-electron chi connectivity index (χ3n) is 4.88. The minimum absolute atomic E-state index is 0.334.